The minimum atomic E-state index is -0.00633. The average Bonchev–Trinajstić information content (AvgIpc) is 3.05. The minimum absolute atomic E-state index is 0.00633. The van der Waals surface area contributed by atoms with Crippen molar-refractivity contribution in [2.45, 2.75) is 38.8 Å². The summed E-state index contributed by atoms with van der Waals surface area (Å²) in [5.74, 6) is 0.752. The second-order valence-corrected chi connectivity index (χ2v) is 5.88. The van der Waals surface area contributed by atoms with Crippen LogP contribution >= 0.6 is 0 Å². The smallest absolute Gasteiger partial charge is 0.329 e. The number of hydrogen-bond donors (Lipinski definition) is 0. The van der Waals surface area contributed by atoms with Crippen molar-refractivity contribution < 1.29 is 9.47 Å². The molecule has 0 spiro atoms. The molecule has 0 saturated carbocycles. The highest BCUT2D eigenvalue weighted by atomic mass is 16.5. The van der Waals surface area contributed by atoms with Gasteiger partial charge in [-0.25, -0.2) is 4.79 Å². The third-order valence-corrected chi connectivity index (χ3v) is 4.03. The number of nitrogens with zero attached hydrogens (tertiary/aromatic N) is 2. The molecule has 0 amide bonds. The van der Waals surface area contributed by atoms with Crippen LogP contribution in [0.25, 0.3) is 11.0 Å². The first kappa shape index (κ1) is 14.2. The van der Waals surface area contributed by atoms with Gasteiger partial charge in [-0.2, -0.15) is 0 Å². The lowest BCUT2D eigenvalue weighted by molar-refractivity contribution is 0.0684. The van der Waals surface area contributed by atoms with Crippen molar-refractivity contribution in [1.82, 2.24) is 9.13 Å². The van der Waals surface area contributed by atoms with Gasteiger partial charge in [0, 0.05) is 19.7 Å². The van der Waals surface area contributed by atoms with Crippen molar-refractivity contribution in [2.75, 3.05) is 13.2 Å². The Labute approximate surface area is 124 Å². The summed E-state index contributed by atoms with van der Waals surface area (Å²) in [5.41, 5.74) is 1.77. The minimum Gasteiger partial charge on any atom is -0.489 e. The van der Waals surface area contributed by atoms with Crippen molar-refractivity contribution >= 4 is 11.0 Å². The monoisotopic (exact) mass is 290 g/mol. The lowest BCUT2D eigenvalue weighted by Gasteiger charge is -2.13. The molecule has 0 N–H and O–H groups in total. The summed E-state index contributed by atoms with van der Waals surface area (Å²) in [5, 5.41) is 0. The van der Waals surface area contributed by atoms with Crippen molar-refractivity contribution in [3.63, 3.8) is 0 Å². The summed E-state index contributed by atoms with van der Waals surface area (Å²) in [7, 11) is 1.79. The van der Waals surface area contributed by atoms with Crippen LogP contribution in [0.2, 0.25) is 0 Å². The zero-order chi connectivity index (χ0) is 15.0. The SMILES string of the molecule is CC(C)n1c(=O)n(C)c2c(OCC3CCCO3)cccc21. The molecule has 1 unspecified atom stereocenters. The number of rotatable bonds is 4. The summed E-state index contributed by atoms with van der Waals surface area (Å²) in [6, 6.07) is 5.94. The van der Waals surface area contributed by atoms with Gasteiger partial charge >= 0.3 is 5.69 Å². The number of benzene rings is 1. The Hall–Kier alpha value is -1.75. The van der Waals surface area contributed by atoms with E-state index in [0.717, 1.165) is 36.2 Å². The van der Waals surface area contributed by atoms with Crippen LogP contribution in [-0.2, 0) is 11.8 Å². The van der Waals surface area contributed by atoms with E-state index in [-0.39, 0.29) is 17.8 Å². The lowest BCUT2D eigenvalue weighted by atomic mass is 10.2. The van der Waals surface area contributed by atoms with E-state index in [9.17, 15) is 4.79 Å². The molecule has 0 radical (unpaired) electrons. The maximum atomic E-state index is 12.4. The molecular formula is C16H22N2O3. The molecule has 1 aliphatic rings. The van der Waals surface area contributed by atoms with E-state index in [1.165, 1.54) is 0 Å². The van der Waals surface area contributed by atoms with E-state index in [2.05, 4.69) is 0 Å². The summed E-state index contributed by atoms with van der Waals surface area (Å²) in [6.45, 7) is 5.39. The predicted molar refractivity (Wildman–Crippen MR) is 82.0 cm³/mol. The van der Waals surface area contributed by atoms with Gasteiger partial charge in [0.25, 0.3) is 0 Å². The third-order valence-electron chi connectivity index (χ3n) is 4.03. The molecule has 114 valence electrons. The molecule has 2 aromatic rings. The molecule has 0 bridgehead atoms. The van der Waals surface area contributed by atoms with Crippen LogP contribution in [0.4, 0.5) is 0 Å². The lowest BCUT2D eigenvalue weighted by Crippen LogP contribution is -2.23. The number of hydrogen-bond acceptors (Lipinski definition) is 3. The molecule has 1 atom stereocenters. The van der Waals surface area contributed by atoms with Crippen LogP contribution in [0.1, 0.15) is 32.7 Å². The quantitative estimate of drug-likeness (QED) is 0.869. The first-order valence-corrected chi connectivity index (χ1v) is 7.54. The summed E-state index contributed by atoms with van der Waals surface area (Å²) in [4.78, 5) is 12.4. The van der Waals surface area contributed by atoms with Crippen LogP contribution in [0.15, 0.2) is 23.0 Å². The van der Waals surface area contributed by atoms with Gasteiger partial charge in [0.05, 0.1) is 11.6 Å². The third kappa shape index (κ3) is 2.46. The molecule has 21 heavy (non-hydrogen) atoms. The van der Waals surface area contributed by atoms with Crippen LogP contribution < -0.4 is 10.4 Å². The number of ether oxygens (including phenoxy) is 2. The normalized spacial score (nSPS) is 18.8. The first-order valence-electron chi connectivity index (χ1n) is 7.54. The Balaban J connectivity index is 1.99. The zero-order valence-electron chi connectivity index (χ0n) is 12.8. The van der Waals surface area contributed by atoms with E-state index in [4.69, 9.17) is 9.47 Å². The van der Waals surface area contributed by atoms with Crippen molar-refractivity contribution in [2.24, 2.45) is 7.05 Å². The summed E-state index contributed by atoms with van der Waals surface area (Å²) >= 11 is 0. The summed E-state index contributed by atoms with van der Waals surface area (Å²) < 4.78 is 15.0. The molecule has 1 aliphatic heterocycles. The van der Waals surface area contributed by atoms with E-state index in [1.807, 2.05) is 32.0 Å². The Kier molecular flexibility index (Phi) is 3.76. The van der Waals surface area contributed by atoms with Gasteiger partial charge in [-0.15, -0.1) is 0 Å². The Morgan fingerprint density at radius 3 is 2.90 bits per heavy atom. The van der Waals surface area contributed by atoms with Crippen LogP contribution in [0, 0.1) is 0 Å². The molecule has 5 nitrogen and oxygen atoms in total. The van der Waals surface area contributed by atoms with Gasteiger partial charge in [-0.1, -0.05) is 6.07 Å². The maximum Gasteiger partial charge on any atom is 0.329 e. The van der Waals surface area contributed by atoms with Gasteiger partial charge in [-0.3, -0.25) is 9.13 Å². The van der Waals surface area contributed by atoms with E-state index in [1.54, 1.807) is 16.2 Å². The number of aromatic nitrogens is 2. The van der Waals surface area contributed by atoms with Gasteiger partial charge < -0.3 is 9.47 Å². The highest BCUT2D eigenvalue weighted by molar-refractivity contribution is 5.82. The van der Waals surface area contributed by atoms with Crippen LogP contribution in [0.5, 0.6) is 5.75 Å². The van der Waals surface area contributed by atoms with Crippen LogP contribution in [0.3, 0.4) is 0 Å². The largest absolute Gasteiger partial charge is 0.489 e. The molecular weight excluding hydrogens is 268 g/mol. The molecule has 3 rings (SSSR count). The highest BCUT2D eigenvalue weighted by Crippen LogP contribution is 2.27. The number of para-hydroxylation sites is 1. The maximum absolute atomic E-state index is 12.4. The topological polar surface area (TPSA) is 45.4 Å². The Morgan fingerprint density at radius 2 is 2.24 bits per heavy atom. The molecule has 1 aromatic heterocycles. The number of aryl methyl sites for hydroxylation is 1. The standard InChI is InChI=1S/C16H22N2O3/c1-11(2)18-13-7-4-8-14(15(13)17(3)16(18)19)21-10-12-6-5-9-20-12/h4,7-8,11-12H,5-6,9-10H2,1-3H3. The fraction of sp³-hybridized carbons (Fsp3) is 0.562. The second-order valence-electron chi connectivity index (χ2n) is 5.88. The van der Waals surface area contributed by atoms with Gasteiger partial charge in [-0.05, 0) is 38.8 Å². The van der Waals surface area contributed by atoms with E-state index >= 15 is 0 Å². The molecule has 0 aliphatic carbocycles. The zero-order valence-corrected chi connectivity index (χ0v) is 12.8. The number of imidazole rings is 1. The summed E-state index contributed by atoms with van der Waals surface area (Å²) in [6.07, 6.45) is 2.31. The van der Waals surface area contributed by atoms with Crippen molar-refractivity contribution in [3.8, 4) is 5.75 Å². The fourth-order valence-electron chi connectivity index (χ4n) is 2.98. The van der Waals surface area contributed by atoms with Gasteiger partial charge in [0.2, 0.25) is 0 Å². The molecule has 1 aromatic carbocycles. The highest BCUT2D eigenvalue weighted by Gasteiger charge is 2.19. The van der Waals surface area contributed by atoms with E-state index < -0.39 is 0 Å². The average molecular weight is 290 g/mol. The number of fused-ring (bicyclic) bond motifs is 1. The Morgan fingerprint density at radius 1 is 1.43 bits per heavy atom. The molecule has 1 saturated heterocycles. The van der Waals surface area contributed by atoms with Crippen molar-refractivity contribution in [3.05, 3.63) is 28.7 Å². The Bertz CT molecular complexity index is 693. The molecule has 2 heterocycles. The fourth-order valence-corrected chi connectivity index (χ4v) is 2.98. The van der Waals surface area contributed by atoms with Crippen LogP contribution in [-0.4, -0.2) is 28.5 Å². The van der Waals surface area contributed by atoms with Gasteiger partial charge in [0.1, 0.15) is 17.9 Å². The molecule has 1 fully saturated rings. The van der Waals surface area contributed by atoms with E-state index in [0.29, 0.717) is 6.61 Å². The first-order chi connectivity index (χ1) is 10.1. The predicted octanol–water partition coefficient (Wildman–Crippen LogP) is 2.48. The van der Waals surface area contributed by atoms with Gasteiger partial charge in [0.15, 0.2) is 0 Å². The molecule has 5 heteroatoms. The van der Waals surface area contributed by atoms with Crippen molar-refractivity contribution in [1.29, 1.82) is 0 Å². The second kappa shape index (κ2) is 5.56.